The number of H-pyrrole nitrogens is 1. The van der Waals surface area contributed by atoms with Gasteiger partial charge in [-0.3, -0.25) is 0 Å². The van der Waals surface area contributed by atoms with E-state index in [2.05, 4.69) is 28.8 Å². The summed E-state index contributed by atoms with van der Waals surface area (Å²) in [6.07, 6.45) is 5.50. The molecule has 0 saturated carbocycles. The van der Waals surface area contributed by atoms with E-state index in [0.717, 1.165) is 48.0 Å². The van der Waals surface area contributed by atoms with E-state index in [0.29, 0.717) is 0 Å². The highest BCUT2D eigenvalue weighted by Gasteiger charge is 2.06. The number of allylic oxidation sites excluding steroid dienone is 1. The van der Waals surface area contributed by atoms with E-state index in [9.17, 15) is 0 Å². The Labute approximate surface area is 126 Å². The summed E-state index contributed by atoms with van der Waals surface area (Å²) in [5.74, 6) is 2.55. The summed E-state index contributed by atoms with van der Waals surface area (Å²) in [4.78, 5) is 7.90. The molecular weight excluding hydrogens is 262 g/mol. The van der Waals surface area contributed by atoms with Crippen molar-refractivity contribution in [3.63, 3.8) is 0 Å². The molecule has 0 spiro atoms. The summed E-state index contributed by atoms with van der Waals surface area (Å²) >= 11 is 0. The quantitative estimate of drug-likeness (QED) is 0.546. The van der Waals surface area contributed by atoms with Crippen LogP contribution < -0.4 is 10.1 Å². The number of nitrogens with zero attached hydrogens (tertiary/aromatic N) is 1. The van der Waals surface area contributed by atoms with Crippen molar-refractivity contribution in [3.8, 4) is 5.75 Å². The predicted octanol–water partition coefficient (Wildman–Crippen LogP) is 3.65. The lowest BCUT2D eigenvalue weighted by Crippen LogP contribution is -2.18. The van der Waals surface area contributed by atoms with Gasteiger partial charge in [-0.05, 0) is 37.4 Å². The highest BCUT2D eigenvalue weighted by molar-refractivity contribution is 5.76. The molecule has 114 valence electrons. The molecule has 1 heterocycles. The van der Waals surface area contributed by atoms with Gasteiger partial charge >= 0.3 is 0 Å². The third kappa shape index (κ3) is 4.33. The fourth-order valence-corrected chi connectivity index (χ4v) is 2.49. The van der Waals surface area contributed by atoms with Crippen molar-refractivity contribution >= 4 is 11.0 Å². The van der Waals surface area contributed by atoms with Gasteiger partial charge in [-0.2, -0.15) is 0 Å². The van der Waals surface area contributed by atoms with Gasteiger partial charge in [0.1, 0.15) is 11.6 Å². The van der Waals surface area contributed by atoms with Crippen molar-refractivity contribution in [1.82, 2.24) is 15.3 Å². The van der Waals surface area contributed by atoms with Crippen LogP contribution in [-0.4, -0.2) is 23.6 Å². The molecule has 0 bridgehead atoms. The van der Waals surface area contributed by atoms with Crippen molar-refractivity contribution in [2.24, 2.45) is 5.92 Å². The molecule has 2 aromatic rings. The Morgan fingerprint density at radius 2 is 2.33 bits per heavy atom. The van der Waals surface area contributed by atoms with Gasteiger partial charge in [0.05, 0.1) is 24.7 Å². The summed E-state index contributed by atoms with van der Waals surface area (Å²) in [6, 6.07) is 5.88. The van der Waals surface area contributed by atoms with E-state index in [1.165, 1.54) is 12.8 Å². The van der Waals surface area contributed by atoms with E-state index in [1.54, 1.807) is 7.11 Å². The highest BCUT2D eigenvalue weighted by atomic mass is 16.5. The number of aromatic nitrogens is 2. The second kappa shape index (κ2) is 7.84. The number of benzene rings is 1. The minimum absolute atomic E-state index is 0.731. The molecule has 0 fully saturated rings. The van der Waals surface area contributed by atoms with Crippen LogP contribution in [0.4, 0.5) is 0 Å². The molecule has 0 amide bonds. The second-order valence-corrected chi connectivity index (χ2v) is 5.33. The number of hydrogen-bond donors (Lipinski definition) is 2. The van der Waals surface area contributed by atoms with Gasteiger partial charge < -0.3 is 15.0 Å². The number of fused-ring (bicyclic) bond motifs is 1. The van der Waals surface area contributed by atoms with Gasteiger partial charge in [0, 0.05) is 6.07 Å². The molecular formula is C17H25N3O. The lowest BCUT2D eigenvalue weighted by molar-refractivity contribution is 0.415. The Balaban J connectivity index is 1.84. The summed E-state index contributed by atoms with van der Waals surface area (Å²) < 4.78 is 5.22. The lowest BCUT2D eigenvalue weighted by atomic mass is 9.99. The molecule has 2 rings (SSSR count). The Morgan fingerprint density at radius 3 is 3.05 bits per heavy atom. The SMILES string of the molecule is C=CCC(CC)CCNCc1nc2ccc(OC)cc2[nH]1. The van der Waals surface area contributed by atoms with E-state index < -0.39 is 0 Å². The number of aromatic amines is 1. The third-order valence-electron chi connectivity index (χ3n) is 3.84. The normalized spacial score (nSPS) is 12.5. The van der Waals surface area contributed by atoms with Gasteiger partial charge in [-0.1, -0.05) is 19.4 Å². The van der Waals surface area contributed by atoms with Crippen LogP contribution in [0.3, 0.4) is 0 Å². The first-order valence-corrected chi connectivity index (χ1v) is 7.61. The molecule has 0 aliphatic carbocycles. The molecule has 1 aromatic heterocycles. The summed E-state index contributed by atoms with van der Waals surface area (Å²) in [5.41, 5.74) is 2.00. The first-order chi connectivity index (χ1) is 10.3. The van der Waals surface area contributed by atoms with E-state index in [1.807, 2.05) is 24.3 Å². The Hall–Kier alpha value is -1.81. The molecule has 2 N–H and O–H groups in total. The molecule has 0 saturated heterocycles. The summed E-state index contributed by atoms with van der Waals surface area (Å²) in [5, 5.41) is 3.46. The lowest BCUT2D eigenvalue weighted by Gasteiger charge is -2.12. The van der Waals surface area contributed by atoms with Gasteiger partial charge in [0.15, 0.2) is 0 Å². The first kappa shape index (κ1) is 15.6. The molecule has 4 nitrogen and oxygen atoms in total. The van der Waals surface area contributed by atoms with Crippen LogP contribution in [0, 0.1) is 5.92 Å². The molecule has 21 heavy (non-hydrogen) atoms. The average molecular weight is 287 g/mol. The van der Waals surface area contributed by atoms with Crippen LogP contribution in [0.1, 0.15) is 32.0 Å². The van der Waals surface area contributed by atoms with E-state index >= 15 is 0 Å². The number of nitrogens with one attached hydrogen (secondary N) is 2. The highest BCUT2D eigenvalue weighted by Crippen LogP contribution is 2.18. The molecule has 0 radical (unpaired) electrons. The minimum Gasteiger partial charge on any atom is -0.497 e. The van der Waals surface area contributed by atoms with Crippen molar-refractivity contribution in [2.75, 3.05) is 13.7 Å². The largest absolute Gasteiger partial charge is 0.497 e. The molecule has 1 atom stereocenters. The number of methoxy groups -OCH3 is 1. The average Bonchev–Trinajstić information content (AvgIpc) is 2.91. The maximum atomic E-state index is 5.22. The maximum Gasteiger partial charge on any atom is 0.121 e. The van der Waals surface area contributed by atoms with Gasteiger partial charge in [0.25, 0.3) is 0 Å². The number of ether oxygens (including phenoxy) is 1. The van der Waals surface area contributed by atoms with E-state index in [4.69, 9.17) is 4.74 Å². The third-order valence-corrected chi connectivity index (χ3v) is 3.84. The predicted molar refractivity (Wildman–Crippen MR) is 87.6 cm³/mol. The van der Waals surface area contributed by atoms with Crippen LogP contribution >= 0.6 is 0 Å². The van der Waals surface area contributed by atoms with Crippen LogP contribution in [-0.2, 0) is 6.54 Å². The summed E-state index contributed by atoms with van der Waals surface area (Å²) in [6.45, 7) is 7.83. The van der Waals surface area contributed by atoms with Crippen LogP contribution in [0.25, 0.3) is 11.0 Å². The number of imidazole rings is 1. The van der Waals surface area contributed by atoms with Crippen LogP contribution in [0.5, 0.6) is 5.75 Å². The standard InChI is InChI=1S/C17H25N3O/c1-4-6-13(5-2)9-10-18-12-17-19-15-8-7-14(21-3)11-16(15)20-17/h4,7-8,11,13,18H,1,5-6,9-10,12H2,2-3H3,(H,19,20). The topological polar surface area (TPSA) is 49.9 Å². The Kier molecular flexibility index (Phi) is 5.81. The molecule has 0 aliphatic heterocycles. The first-order valence-electron chi connectivity index (χ1n) is 7.61. The van der Waals surface area contributed by atoms with Crippen LogP contribution in [0.15, 0.2) is 30.9 Å². The van der Waals surface area contributed by atoms with Crippen molar-refractivity contribution in [3.05, 3.63) is 36.7 Å². The summed E-state index contributed by atoms with van der Waals surface area (Å²) in [7, 11) is 1.67. The molecule has 1 unspecified atom stereocenters. The molecule has 4 heteroatoms. The monoisotopic (exact) mass is 287 g/mol. The number of hydrogen-bond acceptors (Lipinski definition) is 3. The molecule has 1 aromatic carbocycles. The van der Waals surface area contributed by atoms with Crippen molar-refractivity contribution in [1.29, 1.82) is 0 Å². The Morgan fingerprint density at radius 1 is 1.48 bits per heavy atom. The van der Waals surface area contributed by atoms with Crippen molar-refractivity contribution < 1.29 is 4.74 Å². The van der Waals surface area contributed by atoms with Gasteiger partial charge in [-0.15, -0.1) is 6.58 Å². The second-order valence-electron chi connectivity index (χ2n) is 5.33. The zero-order chi connectivity index (χ0) is 15.1. The smallest absolute Gasteiger partial charge is 0.121 e. The fraction of sp³-hybridized carbons (Fsp3) is 0.471. The maximum absolute atomic E-state index is 5.22. The van der Waals surface area contributed by atoms with Gasteiger partial charge in [0.2, 0.25) is 0 Å². The minimum atomic E-state index is 0.731. The van der Waals surface area contributed by atoms with Gasteiger partial charge in [-0.25, -0.2) is 4.98 Å². The fourth-order valence-electron chi connectivity index (χ4n) is 2.49. The Bertz CT molecular complexity index is 576. The zero-order valence-electron chi connectivity index (χ0n) is 13.0. The molecule has 0 aliphatic rings. The number of rotatable bonds is 9. The van der Waals surface area contributed by atoms with E-state index in [-0.39, 0.29) is 0 Å². The van der Waals surface area contributed by atoms with Crippen LogP contribution in [0.2, 0.25) is 0 Å². The van der Waals surface area contributed by atoms with Crippen molar-refractivity contribution in [2.45, 2.75) is 32.7 Å². The zero-order valence-corrected chi connectivity index (χ0v) is 13.0.